The molecule has 0 bridgehead atoms. The summed E-state index contributed by atoms with van der Waals surface area (Å²) in [4.78, 5) is 15.4. The summed E-state index contributed by atoms with van der Waals surface area (Å²) in [6.07, 6.45) is 5.50. The first kappa shape index (κ1) is 14.7. The number of hydrogen-bond acceptors (Lipinski definition) is 4. The quantitative estimate of drug-likeness (QED) is 0.926. The van der Waals surface area contributed by atoms with Gasteiger partial charge in [-0.3, -0.25) is 9.69 Å². The molecule has 1 aromatic heterocycles. The van der Waals surface area contributed by atoms with Gasteiger partial charge in [0.1, 0.15) is 0 Å². The molecule has 1 saturated carbocycles. The van der Waals surface area contributed by atoms with Gasteiger partial charge in [-0.25, -0.2) is 0 Å². The van der Waals surface area contributed by atoms with Crippen molar-refractivity contribution >= 4 is 17.2 Å². The second-order valence-electron chi connectivity index (χ2n) is 7.00. The lowest BCUT2D eigenvalue weighted by Gasteiger charge is -2.43. The van der Waals surface area contributed by atoms with E-state index in [0.717, 1.165) is 51.9 Å². The largest absolute Gasteiger partial charge is 0.377 e. The van der Waals surface area contributed by atoms with Crippen molar-refractivity contribution in [3.8, 4) is 0 Å². The number of hydrogen-bond donors (Lipinski definition) is 1. The molecule has 1 N–H and O–H groups in total. The Hall–Kier alpha value is -0.910. The van der Waals surface area contributed by atoms with Crippen molar-refractivity contribution in [3.63, 3.8) is 0 Å². The predicted molar refractivity (Wildman–Crippen MR) is 86.8 cm³/mol. The summed E-state index contributed by atoms with van der Waals surface area (Å²) in [5.41, 5.74) is 1.04. The highest BCUT2D eigenvalue weighted by Gasteiger charge is 2.53. The van der Waals surface area contributed by atoms with Crippen LogP contribution in [0, 0.1) is 5.41 Å². The molecule has 5 heteroatoms. The highest BCUT2D eigenvalue weighted by molar-refractivity contribution is 7.07. The van der Waals surface area contributed by atoms with E-state index in [1.165, 1.54) is 12.0 Å². The average Bonchev–Trinajstić information content (AvgIpc) is 3.12. The third-order valence-electron chi connectivity index (χ3n) is 5.58. The van der Waals surface area contributed by atoms with Crippen LogP contribution in [-0.4, -0.2) is 42.6 Å². The van der Waals surface area contributed by atoms with Crippen LogP contribution in [0.4, 0.5) is 0 Å². The zero-order valence-electron chi connectivity index (χ0n) is 12.9. The Morgan fingerprint density at radius 3 is 3.09 bits per heavy atom. The molecule has 2 aliphatic heterocycles. The number of likely N-dealkylation sites (tertiary alicyclic amines) is 1. The third-order valence-corrected chi connectivity index (χ3v) is 6.31. The fourth-order valence-corrected chi connectivity index (χ4v) is 4.67. The summed E-state index contributed by atoms with van der Waals surface area (Å²) in [6.45, 7) is 3.55. The van der Waals surface area contributed by atoms with Gasteiger partial charge in [-0.2, -0.15) is 11.3 Å². The lowest BCUT2D eigenvalue weighted by Crippen LogP contribution is -2.58. The number of rotatable bonds is 4. The lowest BCUT2D eigenvalue weighted by atomic mass is 9.75. The molecule has 1 aromatic rings. The fourth-order valence-electron chi connectivity index (χ4n) is 4.01. The Balaban J connectivity index is 1.48. The van der Waals surface area contributed by atoms with Gasteiger partial charge < -0.3 is 10.1 Å². The van der Waals surface area contributed by atoms with Gasteiger partial charge in [-0.15, -0.1) is 0 Å². The molecule has 2 atom stereocenters. The molecule has 1 aliphatic carbocycles. The van der Waals surface area contributed by atoms with Crippen LogP contribution in [0.25, 0.3) is 0 Å². The summed E-state index contributed by atoms with van der Waals surface area (Å²) in [6, 6.07) is 2.60. The molecule has 3 heterocycles. The summed E-state index contributed by atoms with van der Waals surface area (Å²) >= 11 is 1.74. The van der Waals surface area contributed by atoms with E-state index in [1.807, 2.05) is 0 Å². The van der Waals surface area contributed by atoms with Crippen molar-refractivity contribution in [2.75, 3.05) is 19.7 Å². The number of nitrogens with one attached hydrogen (secondary N) is 1. The van der Waals surface area contributed by atoms with Crippen LogP contribution in [0.1, 0.15) is 37.7 Å². The smallest absolute Gasteiger partial charge is 0.230 e. The maximum absolute atomic E-state index is 12.9. The first-order valence-electron chi connectivity index (χ1n) is 8.42. The molecule has 4 nitrogen and oxygen atoms in total. The third kappa shape index (κ3) is 2.59. The van der Waals surface area contributed by atoms with Gasteiger partial charge in [0.15, 0.2) is 0 Å². The van der Waals surface area contributed by atoms with Gasteiger partial charge in [0.25, 0.3) is 0 Å². The van der Waals surface area contributed by atoms with Crippen molar-refractivity contribution < 1.29 is 9.53 Å². The van der Waals surface area contributed by atoms with E-state index in [2.05, 4.69) is 27.0 Å². The van der Waals surface area contributed by atoms with Crippen LogP contribution in [-0.2, 0) is 16.1 Å². The molecule has 4 rings (SSSR count). The SMILES string of the molecule is O=C(NC1CCC1)[C@@]12CCO[C@@H]1CCN(Cc1ccsc1)C2. The summed E-state index contributed by atoms with van der Waals surface area (Å²) in [5, 5.41) is 7.62. The molecular formula is C17H24N2O2S. The summed E-state index contributed by atoms with van der Waals surface area (Å²) < 4.78 is 5.91. The minimum atomic E-state index is -0.316. The van der Waals surface area contributed by atoms with Gasteiger partial charge >= 0.3 is 0 Å². The molecule has 1 amide bonds. The Morgan fingerprint density at radius 2 is 2.36 bits per heavy atom. The zero-order valence-corrected chi connectivity index (χ0v) is 13.7. The zero-order chi connectivity index (χ0) is 15.0. The van der Waals surface area contributed by atoms with Crippen LogP contribution >= 0.6 is 11.3 Å². The molecule has 120 valence electrons. The van der Waals surface area contributed by atoms with Crippen LogP contribution < -0.4 is 5.32 Å². The van der Waals surface area contributed by atoms with Crippen LogP contribution in [0.15, 0.2) is 16.8 Å². The number of carbonyl (C=O) groups excluding carboxylic acids is 1. The van der Waals surface area contributed by atoms with E-state index < -0.39 is 0 Å². The van der Waals surface area contributed by atoms with E-state index in [1.54, 1.807) is 11.3 Å². The normalized spacial score (nSPS) is 32.5. The standard InChI is InChI=1S/C17H24N2O2S/c20-16(18-14-2-1-3-14)17-6-8-21-15(17)4-7-19(12-17)10-13-5-9-22-11-13/h5,9,11,14-15H,1-4,6-8,10,12H2,(H,18,20)/t15-,17-/m1/s1. The van der Waals surface area contributed by atoms with Gasteiger partial charge in [-0.05, 0) is 54.5 Å². The van der Waals surface area contributed by atoms with Gasteiger partial charge in [0.2, 0.25) is 5.91 Å². The van der Waals surface area contributed by atoms with E-state index in [9.17, 15) is 4.79 Å². The number of amides is 1. The van der Waals surface area contributed by atoms with E-state index in [4.69, 9.17) is 4.74 Å². The molecule has 0 unspecified atom stereocenters. The maximum atomic E-state index is 12.9. The van der Waals surface area contributed by atoms with Crippen LogP contribution in [0.5, 0.6) is 0 Å². The molecule has 3 aliphatic rings. The second-order valence-corrected chi connectivity index (χ2v) is 7.78. The van der Waals surface area contributed by atoms with Crippen molar-refractivity contribution in [2.45, 2.75) is 50.8 Å². The number of fused-ring (bicyclic) bond motifs is 1. The Labute approximate surface area is 135 Å². The van der Waals surface area contributed by atoms with Crippen molar-refractivity contribution in [3.05, 3.63) is 22.4 Å². The van der Waals surface area contributed by atoms with E-state index >= 15 is 0 Å². The monoisotopic (exact) mass is 320 g/mol. The average molecular weight is 320 g/mol. The topological polar surface area (TPSA) is 41.6 Å². The number of piperidine rings is 1. The number of thiophene rings is 1. The number of carbonyl (C=O) groups is 1. The van der Waals surface area contributed by atoms with Crippen molar-refractivity contribution in [1.29, 1.82) is 0 Å². The molecule has 2 saturated heterocycles. The van der Waals surface area contributed by atoms with Crippen LogP contribution in [0.3, 0.4) is 0 Å². The molecule has 0 spiro atoms. The minimum Gasteiger partial charge on any atom is -0.377 e. The molecular weight excluding hydrogens is 296 g/mol. The Kier molecular flexibility index (Phi) is 3.96. The lowest BCUT2D eigenvalue weighted by molar-refractivity contribution is -0.140. The first-order chi connectivity index (χ1) is 10.8. The fraction of sp³-hybridized carbons (Fsp3) is 0.706. The summed E-state index contributed by atoms with van der Waals surface area (Å²) in [7, 11) is 0. The maximum Gasteiger partial charge on any atom is 0.230 e. The van der Waals surface area contributed by atoms with Crippen molar-refractivity contribution in [1.82, 2.24) is 10.2 Å². The highest BCUT2D eigenvalue weighted by atomic mass is 32.1. The number of nitrogens with zero attached hydrogens (tertiary/aromatic N) is 1. The molecule has 3 fully saturated rings. The second kappa shape index (κ2) is 5.95. The molecule has 22 heavy (non-hydrogen) atoms. The van der Waals surface area contributed by atoms with E-state index in [-0.39, 0.29) is 17.4 Å². The molecule has 0 radical (unpaired) electrons. The number of ether oxygens (including phenoxy) is 1. The first-order valence-corrected chi connectivity index (χ1v) is 9.36. The Bertz CT molecular complexity index is 529. The highest BCUT2D eigenvalue weighted by Crippen LogP contribution is 2.42. The summed E-state index contributed by atoms with van der Waals surface area (Å²) in [5.74, 6) is 0.245. The van der Waals surface area contributed by atoms with Crippen molar-refractivity contribution in [2.24, 2.45) is 5.41 Å². The minimum absolute atomic E-state index is 0.117. The Morgan fingerprint density at radius 1 is 1.45 bits per heavy atom. The van der Waals surface area contributed by atoms with Gasteiger partial charge in [-0.1, -0.05) is 0 Å². The van der Waals surface area contributed by atoms with Gasteiger partial charge in [0.05, 0.1) is 11.5 Å². The van der Waals surface area contributed by atoms with Crippen LogP contribution in [0.2, 0.25) is 0 Å². The predicted octanol–water partition coefficient (Wildman–Crippen LogP) is 2.40. The van der Waals surface area contributed by atoms with Gasteiger partial charge in [0, 0.05) is 32.3 Å². The van der Waals surface area contributed by atoms with E-state index in [0.29, 0.717) is 6.04 Å². The molecule has 0 aromatic carbocycles.